The number of halogens is 1. The number of rotatable bonds is 9. The van der Waals surface area contributed by atoms with Crippen LogP contribution in [0.1, 0.15) is 30.5 Å². The molecular formula is C25H30ClN2O5+. The molecule has 0 bridgehead atoms. The molecule has 1 fully saturated rings. The summed E-state index contributed by atoms with van der Waals surface area (Å²) >= 11 is 5.98. The van der Waals surface area contributed by atoms with E-state index < -0.39 is 17.7 Å². The quantitative estimate of drug-likeness (QED) is 0.332. The van der Waals surface area contributed by atoms with Crippen molar-refractivity contribution in [2.45, 2.75) is 19.4 Å². The molecule has 1 amide bonds. The number of ketones is 1. The zero-order chi connectivity index (χ0) is 24.1. The molecule has 0 saturated carbocycles. The van der Waals surface area contributed by atoms with Gasteiger partial charge in [0.1, 0.15) is 5.76 Å². The third kappa shape index (κ3) is 5.31. The topological polar surface area (TPSA) is 80.5 Å². The zero-order valence-corrected chi connectivity index (χ0v) is 20.1. The molecular weight excluding hydrogens is 444 g/mol. The van der Waals surface area contributed by atoms with Gasteiger partial charge in [-0.05, 0) is 48.9 Å². The van der Waals surface area contributed by atoms with Crippen molar-refractivity contribution in [2.24, 2.45) is 0 Å². The maximum atomic E-state index is 13.1. The number of hydrogen-bond donors (Lipinski definition) is 2. The lowest BCUT2D eigenvalue weighted by Gasteiger charge is -2.26. The number of quaternary nitrogens is 1. The van der Waals surface area contributed by atoms with E-state index in [9.17, 15) is 14.7 Å². The lowest BCUT2D eigenvalue weighted by atomic mass is 9.95. The number of nitrogens with zero attached hydrogens (tertiary/aromatic N) is 1. The molecule has 0 aliphatic carbocycles. The van der Waals surface area contributed by atoms with E-state index in [4.69, 9.17) is 21.1 Å². The number of methoxy groups -OCH3 is 1. The lowest BCUT2D eigenvalue weighted by Crippen LogP contribution is -3.05. The molecule has 2 N–H and O–H groups in total. The fourth-order valence-electron chi connectivity index (χ4n) is 3.95. The van der Waals surface area contributed by atoms with Crippen molar-refractivity contribution in [2.75, 3.05) is 40.9 Å². The Bertz CT molecular complexity index is 1050. The van der Waals surface area contributed by atoms with Gasteiger partial charge in [0.15, 0.2) is 11.5 Å². The molecule has 0 radical (unpaired) electrons. The van der Waals surface area contributed by atoms with Crippen LogP contribution in [-0.4, -0.2) is 62.6 Å². The molecule has 7 nitrogen and oxygen atoms in total. The number of benzene rings is 2. The third-order valence-corrected chi connectivity index (χ3v) is 5.79. The number of likely N-dealkylation sites (tertiary alicyclic amines) is 1. The molecule has 8 heteroatoms. The summed E-state index contributed by atoms with van der Waals surface area (Å²) in [5, 5.41) is 11.6. The van der Waals surface area contributed by atoms with E-state index in [2.05, 4.69) is 0 Å². The van der Waals surface area contributed by atoms with Crippen molar-refractivity contribution in [3.63, 3.8) is 0 Å². The molecule has 33 heavy (non-hydrogen) atoms. The number of ether oxygens (including phenoxy) is 2. The SMILES string of the molecule is CCOc1ccc([C@H]2/C(=C(/O)c3ccc(Cl)cc3)C(=O)C(=O)N2CCC[NH+](C)C)cc1OC. The number of carbonyl (C=O) groups is 2. The van der Waals surface area contributed by atoms with Crippen molar-refractivity contribution in [3.05, 3.63) is 64.2 Å². The number of Topliss-reactive ketones (excluding diaryl/α,β-unsaturated/α-hetero) is 1. The summed E-state index contributed by atoms with van der Waals surface area (Å²) in [6, 6.07) is 11.0. The van der Waals surface area contributed by atoms with Crippen molar-refractivity contribution in [1.82, 2.24) is 4.90 Å². The molecule has 2 aromatic rings. The summed E-state index contributed by atoms with van der Waals surface area (Å²) in [5.74, 6) is -0.517. The largest absolute Gasteiger partial charge is 0.507 e. The molecule has 2 aromatic carbocycles. The average molecular weight is 474 g/mol. The van der Waals surface area contributed by atoms with Gasteiger partial charge in [0.25, 0.3) is 11.7 Å². The van der Waals surface area contributed by atoms with E-state index in [0.717, 1.165) is 6.54 Å². The highest BCUT2D eigenvalue weighted by Crippen LogP contribution is 2.42. The Morgan fingerprint density at radius 3 is 2.42 bits per heavy atom. The van der Waals surface area contributed by atoms with Crippen molar-refractivity contribution in [3.8, 4) is 11.5 Å². The molecule has 1 heterocycles. The maximum absolute atomic E-state index is 13.1. The highest BCUT2D eigenvalue weighted by Gasteiger charge is 2.46. The second-order valence-corrected chi connectivity index (χ2v) is 8.59. The van der Waals surface area contributed by atoms with Crippen molar-refractivity contribution < 1.29 is 29.1 Å². The van der Waals surface area contributed by atoms with E-state index in [1.807, 2.05) is 21.0 Å². The summed E-state index contributed by atoms with van der Waals surface area (Å²) in [4.78, 5) is 28.9. The van der Waals surface area contributed by atoms with Crippen LogP contribution in [0, 0.1) is 0 Å². The predicted molar refractivity (Wildman–Crippen MR) is 127 cm³/mol. The van der Waals surface area contributed by atoms with Crippen LogP contribution in [-0.2, 0) is 9.59 Å². The maximum Gasteiger partial charge on any atom is 0.295 e. The van der Waals surface area contributed by atoms with Gasteiger partial charge in [0, 0.05) is 23.6 Å². The van der Waals surface area contributed by atoms with Crippen LogP contribution in [0.4, 0.5) is 0 Å². The minimum atomic E-state index is -0.748. The van der Waals surface area contributed by atoms with Crippen LogP contribution in [0.15, 0.2) is 48.0 Å². The molecule has 3 rings (SSSR count). The van der Waals surface area contributed by atoms with E-state index in [-0.39, 0.29) is 11.3 Å². The fourth-order valence-corrected chi connectivity index (χ4v) is 4.08. The number of aliphatic hydroxyl groups excluding tert-OH is 1. The second-order valence-electron chi connectivity index (χ2n) is 8.15. The van der Waals surface area contributed by atoms with Gasteiger partial charge in [0.2, 0.25) is 0 Å². The summed E-state index contributed by atoms with van der Waals surface area (Å²) in [5.41, 5.74) is 1.12. The van der Waals surface area contributed by atoms with Crippen LogP contribution in [0.25, 0.3) is 5.76 Å². The van der Waals surface area contributed by atoms with Crippen LogP contribution < -0.4 is 14.4 Å². The van der Waals surface area contributed by atoms with E-state index in [1.165, 1.54) is 16.9 Å². The summed E-state index contributed by atoms with van der Waals surface area (Å²) in [7, 11) is 5.60. The summed E-state index contributed by atoms with van der Waals surface area (Å²) in [6.07, 6.45) is 0.709. The first-order valence-corrected chi connectivity index (χ1v) is 11.3. The predicted octanol–water partition coefficient (Wildman–Crippen LogP) is 2.70. The minimum Gasteiger partial charge on any atom is -0.507 e. The van der Waals surface area contributed by atoms with E-state index in [0.29, 0.717) is 47.2 Å². The van der Waals surface area contributed by atoms with Crippen LogP contribution in [0.5, 0.6) is 11.5 Å². The highest BCUT2D eigenvalue weighted by atomic mass is 35.5. The van der Waals surface area contributed by atoms with Crippen LogP contribution in [0.2, 0.25) is 5.02 Å². The Balaban J connectivity index is 2.12. The Morgan fingerprint density at radius 2 is 1.82 bits per heavy atom. The Kier molecular flexibility index (Phi) is 8.00. The van der Waals surface area contributed by atoms with Gasteiger partial charge < -0.3 is 24.4 Å². The van der Waals surface area contributed by atoms with Gasteiger partial charge in [-0.15, -0.1) is 0 Å². The Labute approximate surface area is 199 Å². The molecule has 0 spiro atoms. The molecule has 1 aliphatic heterocycles. The van der Waals surface area contributed by atoms with Crippen molar-refractivity contribution >= 4 is 29.1 Å². The summed E-state index contributed by atoms with van der Waals surface area (Å²) < 4.78 is 11.1. The van der Waals surface area contributed by atoms with Gasteiger partial charge in [-0.3, -0.25) is 9.59 Å². The zero-order valence-electron chi connectivity index (χ0n) is 19.4. The molecule has 0 aromatic heterocycles. The van der Waals surface area contributed by atoms with E-state index in [1.54, 1.807) is 42.5 Å². The second kappa shape index (κ2) is 10.7. The Morgan fingerprint density at radius 1 is 1.12 bits per heavy atom. The average Bonchev–Trinajstić information content (AvgIpc) is 3.04. The van der Waals surface area contributed by atoms with E-state index >= 15 is 0 Å². The van der Waals surface area contributed by atoms with Gasteiger partial charge in [-0.2, -0.15) is 0 Å². The first-order chi connectivity index (χ1) is 15.8. The number of hydrogen-bond acceptors (Lipinski definition) is 5. The Hall–Kier alpha value is -3.03. The standard InChI is InChI=1S/C25H29ClN2O5/c1-5-33-19-12-9-17(15-20(19)32-4)22-21(23(29)16-7-10-18(26)11-8-16)24(30)25(31)28(22)14-6-13-27(2)3/h7-12,15,22,29H,5-6,13-14H2,1-4H3/p+1/b23-21-/t22-/m0/s1. The number of amides is 1. The van der Waals surface area contributed by atoms with Crippen LogP contribution in [0.3, 0.4) is 0 Å². The van der Waals surface area contributed by atoms with Gasteiger partial charge >= 0.3 is 0 Å². The van der Waals surface area contributed by atoms with Gasteiger partial charge in [-0.25, -0.2) is 0 Å². The highest BCUT2D eigenvalue weighted by molar-refractivity contribution is 6.46. The molecule has 176 valence electrons. The fraction of sp³-hybridized carbons (Fsp3) is 0.360. The summed E-state index contributed by atoms with van der Waals surface area (Å²) in [6.45, 7) is 3.56. The monoisotopic (exact) mass is 473 g/mol. The van der Waals surface area contributed by atoms with Crippen molar-refractivity contribution in [1.29, 1.82) is 0 Å². The van der Waals surface area contributed by atoms with Crippen LogP contribution >= 0.6 is 11.6 Å². The first-order valence-electron chi connectivity index (χ1n) is 10.9. The van der Waals surface area contributed by atoms with Gasteiger partial charge in [-0.1, -0.05) is 17.7 Å². The smallest absolute Gasteiger partial charge is 0.295 e. The molecule has 0 unspecified atom stereocenters. The lowest BCUT2D eigenvalue weighted by molar-refractivity contribution is -0.858. The normalized spacial score (nSPS) is 17.6. The molecule has 1 atom stereocenters. The minimum absolute atomic E-state index is 0.0470. The number of carbonyl (C=O) groups excluding carboxylic acids is 2. The number of nitrogens with one attached hydrogen (secondary N) is 1. The van der Waals surface area contributed by atoms with Gasteiger partial charge in [0.05, 0.1) is 46.0 Å². The third-order valence-electron chi connectivity index (χ3n) is 5.54. The first kappa shape index (κ1) is 24.6. The number of aliphatic hydroxyl groups is 1. The molecule has 1 saturated heterocycles. The molecule has 1 aliphatic rings.